The number of anilines is 1. The number of nitrogens with one attached hydrogen (secondary N) is 1. The minimum Gasteiger partial charge on any atom is -0.494 e. The van der Waals surface area contributed by atoms with E-state index >= 15 is 0 Å². The highest BCUT2D eigenvalue weighted by Gasteiger charge is 2.19. The number of amides is 1. The van der Waals surface area contributed by atoms with Gasteiger partial charge in [0.25, 0.3) is 5.91 Å². The normalized spacial score (nSPS) is 13.7. The molecule has 1 amide bonds. The lowest BCUT2D eigenvalue weighted by Gasteiger charge is -2.21. The molecule has 5 nitrogen and oxygen atoms in total. The Balaban J connectivity index is 2.76. The SMILES string of the molecule is CCOc1cc(N)cc(C(=O)NCC(C)(O)CC)c1. The summed E-state index contributed by atoms with van der Waals surface area (Å²) in [6, 6.07) is 4.89. The van der Waals surface area contributed by atoms with E-state index in [1.54, 1.807) is 25.1 Å². The van der Waals surface area contributed by atoms with E-state index < -0.39 is 5.60 Å². The number of ether oxygens (including phenoxy) is 1. The van der Waals surface area contributed by atoms with Crippen LogP contribution in [0, 0.1) is 0 Å². The molecule has 0 bridgehead atoms. The number of hydrogen-bond donors (Lipinski definition) is 3. The summed E-state index contributed by atoms with van der Waals surface area (Å²) in [4.78, 5) is 12.0. The fraction of sp³-hybridized carbons (Fsp3) is 0.500. The van der Waals surface area contributed by atoms with Crippen LogP contribution >= 0.6 is 0 Å². The summed E-state index contributed by atoms with van der Waals surface area (Å²) in [6.07, 6.45) is 0.564. The van der Waals surface area contributed by atoms with Gasteiger partial charge in [-0.05, 0) is 32.4 Å². The fourth-order valence-electron chi connectivity index (χ4n) is 1.50. The summed E-state index contributed by atoms with van der Waals surface area (Å²) in [6.45, 7) is 6.11. The zero-order valence-electron chi connectivity index (χ0n) is 11.7. The molecular weight excluding hydrogens is 244 g/mol. The molecule has 0 aliphatic rings. The van der Waals surface area contributed by atoms with Crippen molar-refractivity contribution in [3.05, 3.63) is 23.8 Å². The highest BCUT2D eigenvalue weighted by atomic mass is 16.5. The Morgan fingerprint density at radius 3 is 2.68 bits per heavy atom. The predicted molar refractivity (Wildman–Crippen MR) is 75.3 cm³/mol. The standard InChI is InChI=1S/C14H22N2O3/c1-4-14(3,18)9-16-13(17)10-6-11(15)8-12(7-10)19-5-2/h6-8,18H,4-5,9,15H2,1-3H3,(H,16,17). The Kier molecular flexibility index (Phi) is 5.18. The fourth-order valence-corrected chi connectivity index (χ4v) is 1.50. The number of benzene rings is 1. The lowest BCUT2D eigenvalue weighted by atomic mass is 10.0. The van der Waals surface area contributed by atoms with Gasteiger partial charge in [-0.15, -0.1) is 0 Å². The van der Waals surface area contributed by atoms with Gasteiger partial charge in [-0.25, -0.2) is 0 Å². The third-order valence-corrected chi connectivity index (χ3v) is 2.89. The molecule has 106 valence electrons. The van der Waals surface area contributed by atoms with E-state index in [1.165, 1.54) is 0 Å². The van der Waals surface area contributed by atoms with Crippen molar-refractivity contribution in [1.29, 1.82) is 0 Å². The van der Waals surface area contributed by atoms with E-state index in [-0.39, 0.29) is 12.5 Å². The second-order valence-electron chi connectivity index (χ2n) is 4.76. The molecule has 1 atom stereocenters. The van der Waals surface area contributed by atoms with Crippen molar-refractivity contribution >= 4 is 11.6 Å². The van der Waals surface area contributed by atoms with Crippen LogP contribution in [0.2, 0.25) is 0 Å². The highest BCUT2D eigenvalue weighted by Crippen LogP contribution is 2.19. The Bertz CT molecular complexity index is 444. The number of nitrogens with two attached hydrogens (primary N) is 1. The van der Waals surface area contributed by atoms with Gasteiger partial charge >= 0.3 is 0 Å². The van der Waals surface area contributed by atoms with Crippen molar-refractivity contribution < 1.29 is 14.6 Å². The van der Waals surface area contributed by atoms with Crippen LogP contribution in [-0.4, -0.2) is 29.8 Å². The third-order valence-electron chi connectivity index (χ3n) is 2.89. The van der Waals surface area contributed by atoms with Gasteiger partial charge < -0.3 is 20.9 Å². The van der Waals surface area contributed by atoms with E-state index in [4.69, 9.17) is 10.5 Å². The van der Waals surface area contributed by atoms with E-state index in [0.717, 1.165) is 0 Å². The molecule has 0 fully saturated rings. The topological polar surface area (TPSA) is 84.6 Å². The van der Waals surface area contributed by atoms with Crippen LogP contribution in [0.15, 0.2) is 18.2 Å². The summed E-state index contributed by atoms with van der Waals surface area (Å²) >= 11 is 0. The maximum atomic E-state index is 12.0. The van der Waals surface area contributed by atoms with Gasteiger partial charge in [0.1, 0.15) is 5.75 Å². The van der Waals surface area contributed by atoms with Crippen molar-refractivity contribution in [2.45, 2.75) is 32.8 Å². The van der Waals surface area contributed by atoms with Crippen LogP contribution in [0.25, 0.3) is 0 Å². The first-order chi connectivity index (χ1) is 8.88. The third kappa shape index (κ3) is 4.79. The Morgan fingerprint density at radius 2 is 2.11 bits per heavy atom. The van der Waals surface area contributed by atoms with Gasteiger partial charge in [0.2, 0.25) is 0 Å². The highest BCUT2D eigenvalue weighted by molar-refractivity contribution is 5.95. The molecule has 0 aromatic heterocycles. The van der Waals surface area contributed by atoms with Gasteiger partial charge in [-0.1, -0.05) is 6.92 Å². The van der Waals surface area contributed by atoms with Crippen LogP contribution in [0.3, 0.4) is 0 Å². The quantitative estimate of drug-likeness (QED) is 0.682. The molecule has 19 heavy (non-hydrogen) atoms. The second kappa shape index (κ2) is 6.43. The lowest BCUT2D eigenvalue weighted by Crippen LogP contribution is -2.40. The molecule has 4 N–H and O–H groups in total. The van der Waals surface area contributed by atoms with Crippen molar-refractivity contribution in [3.8, 4) is 5.75 Å². The molecule has 0 saturated heterocycles. The minimum absolute atomic E-state index is 0.196. The number of carbonyl (C=O) groups is 1. The van der Waals surface area contributed by atoms with Crippen molar-refractivity contribution in [1.82, 2.24) is 5.32 Å². The van der Waals surface area contributed by atoms with E-state index in [1.807, 2.05) is 13.8 Å². The van der Waals surface area contributed by atoms with Crippen LogP contribution < -0.4 is 15.8 Å². The average Bonchev–Trinajstić information content (AvgIpc) is 2.36. The number of hydrogen-bond acceptors (Lipinski definition) is 4. The maximum absolute atomic E-state index is 12.0. The minimum atomic E-state index is -0.904. The average molecular weight is 266 g/mol. The second-order valence-corrected chi connectivity index (χ2v) is 4.76. The van der Waals surface area contributed by atoms with Crippen LogP contribution in [-0.2, 0) is 0 Å². The Hall–Kier alpha value is -1.75. The number of nitrogen functional groups attached to an aromatic ring is 1. The number of carbonyl (C=O) groups excluding carboxylic acids is 1. The molecule has 1 rings (SSSR count). The first kappa shape index (κ1) is 15.3. The van der Waals surface area contributed by atoms with E-state index in [2.05, 4.69) is 5.32 Å². The summed E-state index contributed by atoms with van der Waals surface area (Å²) in [5.74, 6) is 0.289. The molecule has 1 unspecified atom stereocenters. The van der Waals surface area contributed by atoms with Crippen LogP contribution in [0.4, 0.5) is 5.69 Å². The zero-order chi connectivity index (χ0) is 14.5. The van der Waals surface area contributed by atoms with E-state index in [0.29, 0.717) is 30.0 Å². The lowest BCUT2D eigenvalue weighted by molar-refractivity contribution is 0.0518. The smallest absolute Gasteiger partial charge is 0.251 e. The van der Waals surface area contributed by atoms with Gasteiger partial charge in [-0.2, -0.15) is 0 Å². The van der Waals surface area contributed by atoms with Crippen molar-refractivity contribution in [3.63, 3.8) is 0 Å². The number of rotatable bonds is 6. The van der Waals surface area contributed by atoms with Crippen LogP contribution in [0.5, 0.6) is 5.75 Å². The summed E-state index contributed by atoms with van der Waals surface area (Å²) < 4.78 is 5.33. The van der Waals surface area contributed by atoms with Crippen molar-refractivity contribution in [2.75, 3.05) is 18.9 Å². The number of aliphatic hydroxyl groups is 1. The molecule has 0 spiro atoms. The van der Waals surface area contributed by atoms with Crippen molar-refractivity contribution in [2.24, 2.45) is 0 Å². The first-order valence-corrected chi connectivity index (χ1v) is 6.42. The molecule has 0 radical (unpaired) electrons. The Morgan fingerprint density at radius 1 is 1.42 bits per heavy atom. The molecule has 0 saturated carbocycles. The molecule has 1 aromatic rings. The Labute approximate surface area is 113 Å². The predicted octanol–water partition coefficient (Wildman–Crippen LogP) is 1.56. The molecule has 1 aromatic carbocycles. The molecule has 0 heterocycles. The van der Waals surface area contributed by atoms with E-state index in [9.17, 15) is 9.90 Å². The van der Waals surface area contributed by atoms with Gasteiger partial charge in [0, 0.05) is 23.9 Å². The monoisotopic (exact) mass is 266 g/mol. The largest absolute Gasteiger partial charge is 0.494 e. The maximum Gasteiger partial charge on any atom is 0.251 e. The summed E-state index contributed by atoms with van der Waals surface area (Å²) in [7, 11) is 0. The molecule has 0 aliphatic heterocycles. The van der Waals surface area contributed by atoms with Gasteiger partial charge in [0.15, 0.2) is 0 Å². The summed E-state index contributed by atoms with van der Waals surface area (Å²) in [5, 5.41) is 12.5. The first-order valence-electron chi connectivity index (χ1n) is 6.42. The molecular formula is C14H22N2O3. The van der Waals surface area contributed by atoms with Gasteiger partial charge in [0.05, 0.1) is 12.2 Å². The summed E-state index contributed by atoms with van der Waals surface area (Å²) in [5.41, 5.74) is 5.72. The van der Waals surface area contributed by atoms with Crippen LogP contribution in [0.1, 0.15) is 37.6 Å². The zero-order valence-corrected chi connectivity index (χ0v) is 11.7. The van der Waals surface area contributed by atoms with Gasteiger partial charge in [-0.3, -0.25) is 4.79 Å². The molecule has 5 heteroatoms. The molecule has 0 aliphatic carbocycles.